The molecule has 14 heavy (non-hydrogen) atoms. The molecule has 0 saturated heterocycles. The minimum Gasteiger partial charge on any atom is -0.472 e. The average Bonchev–Trinajstić information content (AvgIpc) is 2.01. The standard InChI is InChI=1S/C11H18N2O/c1-8-9(7-12)5-6-10(13-8)14-11(2,3)4/h5-6H,7,12H2,1-4H3. The summed E-state index contributed by atoms with van der Waals surface area (Å²) < 4.78 is 5.63. The van der Waals surface area contributed by atoms with Gasteiger partial charge in [-0.1, -0.05) is 6.07 Å². The van der Waals surface area contributed by atoms with E-state index in [1.54, 1.807) is 0 Å². The molecule has 0 spiro atoms. The van der Waals surface area contributed by atoms with E-state index in [1.807, 2.05) is 39.8 Å². The van der Waals surface area contributed by atoms with E-state index in [-0.39, 0.29) is 5.60 Å². The normalized spacial score (nSPS) is 11.5. The third-order valence-electron chi connectivity index (χ3n) is 1.80. The minimum atomic E-state index is -0.205. The van der Waals surface area contributed by atoms with Crippen molar-refractivity contribution in [2.24, 2.45) is 5.73 Å². The van der Waals surface area contributed by atoms with Crippen molar-refractivity contribution in [2.75, 3.05) is 0 Å². The van der Waals surface area contributed by atoms with E-state index in [0.717, 1.165) is 11.3 Å². The summed E-state index contributed by atoms with van der Waals surface area (Å²) in [6.45, 7) is 8.47. The van der Waals surface area contributed by atoms with E-state index >= 15 is 0 Å². The van der Waals surface area contributed by atoms with Crippen LogP contribution in [0.25, 0.3) is 0 Å². The van der Waals surface area contributed by atoms with Gasteiger partial charge >= 0.3 is 0 Å². The van der Waals surface area contributed by atoms with Gasteiger partial charge in [-0.15, -0.1) is 0 Å². The Bertz CT molecular complexity index is 316. The van der Waals surface area contributed by atoms with Gasteiger partial charge < -0.3 is 10.5 Å². The van der Waals surface area contributed by atoms with Gasteiger partial charge in [0.15, 0.2) is 0 Å². The lowest BCUT2D eigenvalue weighted by molar-refractivity contribution is 0.124. The summed E-state index contributed by atoms with van der Waals surface area (Å²) in [6.07, 6.45) is 0. The first-order chi connectivity index (χ1) is 6.42. The zero-order valence-electron chi connectivity index (χ0n) is 9.29. The molecule has 0 amide bonds. The van der Waals surface area contributed by atoms with Crippen LogP contribution in [0.4, 0.5) is 0 Å². The molecule has 0 unspecified atom stereocenters. The molecule has 78 valence electrons. The second kappa shape index (κ2) is 3.96. The Morgan fingerprint density at radius 1 is 1.36 bits per heavy atom. The summed E-state index contributed by atoms with van der Waals surface area (Å²) in [6, 6.07) is 3.82. The number of hydrogen-bond donors (Lipinski definition) is 1. The fourth-order valence-corrected chi connectivity index (χ4v) is 1.15. The van der Waals surface area contributed by atoms with E-state index in [0.29, 0.717) is 12.4 Å². The Hall–Kier alpha value is -1.09. The number of nitrogens with two attached hydrogens (primary N) is 1. The largest absolute Gasteiger partial charge is 0.472 e. The van der Waals surface area contributed by atoms with Crippen LogP contribution in [0.5, 0.6) is 5.88 Å². The molecule has 0 aliphatic heterocycles. The average molecular weight is 194 g/mol. The van der Waals surface area contributed by atoms with Crippen molar-refractivity contribution >= 4 is 0 Å². The number of ether oxygens (including phenoxy) is 1. The van der Waals surface area contributed by atoms with E-state index in [4.69, 9.17) is 10.5 Å². The molecule has 1 aromatic rings. The highest BCUT2D eigenvalue weighted by atomic mass is 16.5. The van der Waals surface area contributed by atoms with Crippen molar-refractivity contribution in [3.8, 4) is 5.88 Å². The third kappa shape index (κ3) is 3.00. The number of hydrogen-bond acceptors (Lipinski definition) is 3. The summed E-state index contributed by atoms with van der Waals surface area (Å²) in [7, 11) is 0. The first-order valence-electron chi connectivity index (χ1n) is 4.78. The molecule has 1 rings (SSSR count). The number of nitrogens with zero attached hydrogens (tertiary/aromatic N) is 1. The number of aryl methyl sites for hydroxylation is 1. The van der Waals surface area contributed by atoms with Gasteiger partial charge in [0.2, 0.25) is 5.88 Å². The molecular formula is C11H18N2O. The molecule has 0 aliphatic rings. The summed E-state index contributed by atoms with van der Waals surface area (Å²) in [4.78, 5) is 4.33. The summed E-state index contributed by atoms with van der Waals surface area (Å²) in [5.74, 6) is 0.659. The lowest BCUT2D eigenvalue weighted by atomic mass is 10.2. The van der Waals surface area contributed by atoms with Crippen LogP contribution in [0.2, 0.25) is 0 Å². The highest BCUT2D eigenvalue weighted by molar-refractivity contribution is 5.24. The Morgan fingerprint density at radius 2 is 2.00 bits per heavy atom. The maximum Gasteiger partial charge on any atom is 0.213 e. The summed E-state index contributed by atoms with van der Waals surface area (Å²) >= 11 is 0. The predicted molar refractivity (Wildman–Crippen MR) is 57.2 cm³/mol. The van der Waals surface area contributed by atoms with Crippen LogP contribution in [0.15, 0.2) is 12.1 Å². The molecule has 0 aromatic carbocycles. The van der Waals surface area contributed by atoms with Crippen LogP contribution < -0.4 is 10.5 Å². The maximum atomic E-state index is 5.63. The topological polar surface area (TPSA) is 48.1 Å². The lowest BCUT2D eigenvalue weighted by Crippen LogP contribution is -2.23. The SMILES string of the molecule is Cc1nc(OC(C)(C)C)ccc1CN. The van der Waals surface area contributed by atoms with Gasteiger partial charge in [-0.2, -0.15) is 0 Å². The van der Waals surface area contributed by atoms with Crippen LogP contribution in [-0.4, -0.2) is 10.6 Å². The summed E-state index contributed by atoms with van der Waals surface area (Å²) in [5.41, 5.74) is 7.34. The van der Waals surface area contributed by atoms with Crippen molar-refractivity contribution < 1.29 is 4.74 Å². The molecule has 3 nitrogen and oxygen atoms in total. The molecule has 0 fully saturated rings. The number of aromatic nitrogens is 1. The highest BCUT2D eigenvalue weighted by Gasteiger charge is 2.12. The van der Waals surface area contributed by atoms with E-state index in [2.05, 4.69) is 4.98 Å². The highest BCUT2D eigenvalue weighted by Crippen LogP contribution is 2.17. The molecule has 3 heteroatoms. The third-order valence-corrected chi connectivity index (χ3v) is 1.80. The van der Waals surface area contributed by atoms with Crippen LogP contribution in [-0.2, 0) is 6.54 Å². The minimum absolute atomic E-state index is 0.205. The molecule has 0 aliphatic carbocycles. The van der Waals surface area contributed by atoms with Crippen molar-refractivity contribution in [3.05, 3.63) is 23.4 Å². The second-order valence-electron chi connectivity index (χ2n) is 4.31. The molecular weight excluding hydrogens is 176 g/mol. The van der Waals surface area contributed by atoms with Crippen LogP contribution in [0.1, 0.15) is 32.0 Å². The van der Waals surface area contributed by atoms with Gasteiger partial charge in [0, 0.05) is 18.3 Å². The van der Waals surface area contributed by atoms with Crippen molar-refractivity contribution in [1.82, 2.24) is 4.98 Å². The van der Waals surface area contributed by atoms with Crippen LogP contribution in [0.3, 0.4) is 0 Å². The second-order valence-corrected chi connectivity index (χ2v) is 4.31. The van der Waals surface area contributed by atoms with Crippen LogP contribution >= 0.6 is 0 Å². The maximum absolute atomic E-state index is 5.63. The number of rotatable bonds is 2. The smallest absolute Gasteiger partial charge is 0.213 e. The Kier molecular flexibility index (Phi) is 3.11. The van der Waals surface area contributed by atoms with Crippen molar-refractivity contribution in [3.63, 3.8) is 0 Å². The fourth-order valence-electron chi connectivity index (χ4n) is 1.15. The van der Waals surface area contributed by atoms with Gasteiger partial charge in [-0.25, -0.2) is 4.98 Å². The molecule has 2 N–H and O–H groups in total. The molecule has 0 bridgehead atoms. The van der Waals surface area contributed by atoms with Gasteiger partial charge in [0.05, 0.1) is 0 Å². The Labute approximate surface area is 85.3 Å². The van der Waals surface area contributed by atoms with Gasteiger partial charge in [-0.05, 0) is 33.3 Å². The van der Waals surface area contributed by atoms with E-state index in [9.17, 15) is 0 Å². The van der Waals surface area contributed by atoms with E-state index in [1.165, 1.54) is 0 Å². The zero-order valence-corrected chi connectivity index (χ0v) is 9.29. The first kappa shape index (κ1) is 11.0. The Balaban J connectivity index is 2.87. The predicted octanol–water partition coefficient (Wildman–Crippen LogP) is 2.03. The monoisotopic (exact) mass is 194 g/mol. The van der Waals surface area contributed by atoms with Gasteiger partial charge in [-0.3, -0.25) is 0 Å². The summed E-state index contributed by atoms with van der Waals surface area (Å²) in [5, 5.41) is 0. The van der Waals surface area contributed by atoms with Gasteiger partial charge in [0.25, 0.3) is 0 Å². The fraction of sp³-hybridized carbons (Fsp3) is 0.545. The molecule has 1 aromatic heterocycles. The lowest BCUT2D eigenvalue weighted by Gasteiger charge is -2.20. The van der Waals surface area contributed by atoms with Crippen LogP contribution in [0, 0.1) is 6.92 Å². The first-order valence-corrected chi connectivity index (χ1v) is 4.78. The molecule has 0 atom stereocenters. The zero-order chi connectivity index (χ0) is 10.8. The van der Waals surface area contributed by atoms with E-state index < -0.39 is 0 Å². The Morgan fingerprint density at radius 3 is 2.43 bits per heavy atom. The molecule has 1 heterocycles. The van der Waals surface area contributed by atoms with Gasteiger partial charge in [0.1, 0.15) is 5.60 Å². The van der Waals surface area contributed by atoms with Crippen molar-refractivity contribution in [1.29, 1.82) is 0 Å². The number of pyridine rings is 1. The molecule has 0 saturated carbocycles. The van der Waals surface area contributed by atoms with Crippen molar-refractivity contribution in [2.45, 2.75) is 39.8 Å². The molecule has 0 radical (unpaired) electrons. The quantitative estimate of drug-likeness (QED) is 0.783.